The molecule has 3 aromatic rings. The standard InChI is InChI=1S/C21H22N2O3S2/c1-5-26-18(24)12-23-17-11-13(2)10-14(3)19(17)28-21(23)22-20(25)15-6-8-16(27-4)9-7-15/h6-11H,5,12H2,1-4H3. The minimum absolute atomic E-state index is 0.0221. The van der Waals surface area contributed by atoms with Crippen LogP contribution in [0.4, 0.5) is 0 Å². The maximum Gasteiger partial charge on any atom is 0.326 e. The van der Waals surface area contributed by atoms with E-state index in [-0.39, 0.29) is 18.4 Å². The number of benzene rings is 2. The van der Waals surface area contributed by atoms with Gasteiger partial charge in [0.25, 0.3) is 5.91 Å². The number of rotatable bonds is 5. The Kier molecular flexibility index (Phi) is 6.36. The van der Waals surface area contributed by atoms with Gasteiger partial charge < -0.3 is 9.30 Å². The summed E-state index contributed by atoms with van der Waals surface area (Å²) in [5.41, 5.74) is 3.59. The van der Waals surface area contributed by atoms with E-state index in [2.05, 4.69) is 11.1 Å². The summed E-state index contributed by atoms with van der Waals surface area (Å²) < 4.78 is 7.89. The first kappa shape index (κ1) is 20.4. The number of carbonyl (C=O) groups is 2. The largest absolute Gasteiger partial charge is 0.465 e. The highest BCUT2D eigenvalue weighted by molar-refractivity contribution is 7.98. The number of hydrogen-bond donors (Lipinski definition) is 0. The molecule has 1 aromatic heterocycles. The van der Waals surface area contributed by atoms with Gasteiger partial charge in [-0.3, -0.25) is 9.59 Å². The van der Waals surface area contributed by atoms with Gasteiger partial charge in [0.2, 0.25) is 0 Å². The maximum absolute atomic E-state index is 12.7. The van der Waals surface area contributed by atoms with Crippen LogP contribution in [0.1, 0.15) is 28.4 Å². The van der Waals surface area contributed by atoms with Gasteiger partial charge in [-0.2, -0.15) is 4.99 Å². The van der Waals surface area contributed by atoms with Crippen molar-refractivity contribution < 1.29 is 14.3 Å². The molecule has 0 atom stereocenters. The number of nitrogens with zero attached hydrogens (tertiary/aromatic N) is 2. The van der Waals surface area contributed by atoms with Crippen molar-refractivity contribution in [2.24, 2.45) is 4.99 Å². The molecular formula is C21H22N2O3S2. The molecular weight excluding hydrogens is 392 g/mol. The molecule has 1 heterocycles. The average molecular weight is 415 g/mol. The Bertz CT molecular complexity index is 1100. The first-order valence-corrected chi connectivity index (χ1v) is 11.0. The van der Waals surface area contributed by atoms with E-state index in [4.69, 9.17) is 4.74 Å². The van der Waals surface area contributed by atoms with Crippen molar-refractivity contribution >= 4 is 45.2 Å². The molecule has 3 rings (SSSR count). The number of esters is 1. The Morgan fingerprint density at radius 3 is 2.54 bits per heavy atom. The minimum Gasteiger partial charge on any atom is -0.465 e. The molecule has 0 unspecified atom stereocenters. The van der Waals surface area contributed by atoms with Crippen molar-refractivity contribution in [3.8, 4) is 0 Å². The molecule has 7 heteroatoms. The van der Waals surface area contributed by atoms with Crippen LogP contribution in [-0.2, 0) is 16.1 Å². The summed E-state index contributed by atoms with van der Waals surface area (Å²) in [5, 5.41) is 0. The Morgan fingerprint density at radius 1 is 1.18 bits per heavy atom. The summed E-state index contributed by atoms with van der Waals surface area (Å²) in [6.45, 7) is 6.14. The zero-order valence-electron chi connectivity index (χ0n) is 16.3. The molecule has 0 bridgehead atoms. The lowest BCUT2D eigenvalue weighted by molar-refractivity contribution is -0.143. The lowest BCUT2D eigenvalue weighted by atomic mass is 10.1. The van der Waals surface area contributed by atoms with Gasteiger partial charge in [-0.15, -0.1) is 11.8 Å². The van der Waals surface area contributed by atoms with E-state index >= 15 is 0 Å². The van der Waals surface area contributed by atoms with Crippen LogP contribution in [0.5, 0.6) is 0 Å². The van der Waals surface area contributed by atoms with Crippen LogP contribution in [-0.4, -0.2) is 29.3 Å². The number of carbonyl (C=O) groups excluding carboxylic acids is 2. The fourth-order valence-corrected chi connectivity index (χ4v) is 4.46. The fraction of sp³-hybridized carbons (Fsp3) is 0.286. The number of hydrogen-bond acceptors (Lipinski definition) is 5. The van der Waals surface area contributed by atoms with Crippen LogP contribution >= 0.6 is 23.1 Å². The molecule has 0 aliphatic carbocycles. The van der Waals surface area contributed by atoms with Gasteiger partial charge in [-0.25, -0.2) is 0 Å². The first-order chi connectivity index (χ1) is 13.4. The average Bonchev–Trinajstić information content (AvgIpc) is 2.99. The molecule has 28 heavy (non-hydrogen) atoms. The highest BCUT2D eigenvalue weighted by atomic mass is 32.2. The van der Waals surface area contributed by atoms with Crippen LogP contribution in [0.25, 0.3) is 10.2 Å². The number of fused-ring (bicyclic) bond motifs is 1. The van der Waals surface area contributed by atoms with Crippen molar-refractivity contribution in [1.29, 1.82) is 0 Å². The number of ether oxygens (including phenoxy) is 1. The summed E-state index contributed by atoms with van der Waals surface area (Å²) in [6, 6.07) is 11.4. The van der Waals surface area contributed by atoms with Crippen LogP contribution in [0, 0.1) is 13.8 Å². The van der Waals surface area contributed by atoms with Gasteiger partial charge in [-0.1, -0.05) is 17.4 Å². The molecule has 1 amide bonds. The van der Waals surface area contributed by atoms with E-state index in [9.17, 15) is 9.59 Å². The Hall–Kier alpha value is -2.38. The van der Waals surface area contributed by atoms with Gasteiger partial charge in [-0.05, 0) is 68.5 Å². The van der Waals surface area contributed by atoms with Gasteiger partial charge >= 0.3 is 5.97 Å². The van der Waals surface area contributed by atoms with E-state index < -0.39 is 0 Å². The minimum atomic E-state index is -0.348. The highest BCUT2D eigenvalue weighted by Crippen LogP contribution is 2.24. The summed E-state index contributed by atoms with van der Waals surface area (Å²) in [4.78, 5) is 30.8. The number of aryl methyl sites for hydroxylation is 2. The van der Waals surface area contributed by atoms with E-state index in [1.54, 1.807) is 35.4 Å². The zero-order chi connectivity index (χ0) is 20.3. The lowest BCUT2D eigenvalue weighted by Gasteiger charge is -2.06. The Balaban J connectivity index is 2.12. The molecule has 2 aromatic carbocycles. The third-order valence-electron chi connectivity index (χ3n) is 4.24. The van der Waals surface area contributed by atoms with E-state index in [1.807, 2.05) is 38.3 Å². The highest BCUT2D eigenvalue weighted by Gasteiger charge is 2.14. The quantitative estimate of drug-likeness (QED) is 0.460. The summed E-state index contributed by atoms with van der Waals surface area (Å²) in [7, 11) is 0. The summed E-state index contributed by atoms with van der Waals surface area (Å²) >= 11 is 3.03. The predicted octanol–water partition coefficient (Wildman–Crippen LogP) is 4.35. The molecule has 0 radical (unpaired) electrons. The zero-order valence-corrected chi connectivity index (χ0v) is 17.9. The van der Waals surface area contributed by atoms with E-state index in [0.29, 0.717) is 17.0 Å². The first-order valence-electron chi connectivity index (χ1n) is 8.92. The molecule has 0 fully saturated rings. The summed E-state index contributed by atoms with van der Waals surface area (Å²) in [6.07, 6.45) is 1.99. The smallest absolute Gasteiger partial charge is 0.326 e. The Morgan fingerprint density at radius 2 is 1.89 bits per heavy atom. The third-order valence-corrected chi connectivity index (χ3v) is 6.21. The molecule has 0 aliphatic heterocycles. The second kappa shape index (κ2) is 8.75. The molecule has 0 saturated carbocycles. The topological polar surface area (TPSA) is 60.7 Å². The second-order valence-electron chi connectivity index (χ2n) is 6.35. The van der Waals surface area contributed by atoms with Gasteiger partial charge in [0.15, 0.2) is 4.80 Å². The predicted molar refractivity (Wildman–Crippen MR) is 114 cm³/mol. The van der Waals surface area contributed by atoms with Crippen LogP contribution in [0.3, 0.4) is 0 Å². The van der Waals surface area contributed by atoms with Crippen molar-refractivity contribution in [2.75, 3.05) is 12.9 Å². The molecule has 5 nitrogen and oxygen atoms in total. The molecule has 146 valence electrons. The van der Waals surface area contributed by atoms with Crippen LogP contribution in [0.2, 0.25) is 0 Å². The van der Waals surface area contributed by atoms with Gasteiger partial charge in [0.05, 0.1) is 16.8 Å². The van der Waals surface area contributed by atoms with Gasteiger partial charge in [0, 0.05) is 10.5 Å². The molecule has 0 N–H and O–H groups in total. The van der Waals surface area contributed by atoms with Crippen molar-refractivity contribution in [1.82, 2.24) is 4.57 Å². The second-order valence-corrected chi connectivity index (χ2v) is 8.21. The van der Waals surface area contributed by atoms with Crippen LogP contribution < -0.4 is 4.80 Å². The number of thiazole rings is 1. The third kappa shape index (κ3) is 4.36. The molecule has 0 saturated heterocycles. The monoisotopic (exact) mass is 414 g/mol. The molecule has 0 aliphatic rings. The number of thioether (sulfide) groups is 1. The van der Waals surface area contributed by atoms with E-state index in [1.165, 1.54) is 11.3 Å². The van der Waals surface area contributed by atoms with E-state index in [0.717, 1.165) is 26.2 Å². The maximum atomic E-state index is 12.7. The fourth-order valence-electron chi connectivity index (χ4n) is 2.97. The normalized spacial score (nSPS) is 11.8. The van der Waals surface area contributed by atoms with Crippen LogP contribution in [0.15, 0.2) is 46.3 Å². The van der Waals surface area contributed by atoms with Crippen molar-refractivity contribution in [2.45, 2.75) is 32.2 Å². The number of aromatic nitrogens is 1. The number of amides is 1. The van der Waals surface area contributed by atoms with Crippen molar-refractivity contribution in [3.05, 3.63) is 57.9 Å². The van der Waals surface area contributed by atoms with Crippen molar-refractivity contribution in [3.63, 3.8) is 0 Å². The van der Waals surface area contributed by atoms with Gasteiger partial charge in [0.1, 0.15) is 6.54 Å². The SMILES string of the molecule is CCOC(=O)Cn1c(=NC(=O)c2ccc(SC)cc2)sc2c(C)cc(C)cc21. The molecule has 0 spiro atoms. The Labute approximate surface area is 172 Å². The lowest BCUT2D eigenvalue weighted by Crippen LogP contribution is -2.23. The summed E-state index contributed by atoms with van der Waals surface area (Å²) in [5.74, 6) is -0.675.